The number of benzene rings is 2. The molecule has 2 aliphatic heterocycles. The fraction of sp³-hybridized carbons (Fsp3) is 0.208. The first-order chi connectivity index (χ1) is 14.7. The Kier molecular flexibility index (Phi) is 4.56. The lowest BCUT2D eigenvalue weighted by Crippen LogP contribution is -2.70. The smallest absolute Gasteiger partial charge is 0.273 e. The molecule has 1 saturated heterocycles. The molecular formula is C24H21N3O3. The van der Waals surface area contributed by atoms with Crippen LogP contribution in [0.4, 0.5) is 5.69 Å². The van der Waals surface area contributed by atoms with E-state index < -0.39 is 0 Å². The van der Waals surface area contributed by atoms with Crippen molar-refractivity contribution in [2.75, 3.05) is 18.1 Å². The fourth-order valence-electron chi connectivity index (χ4n) is 4.72. The van der Waals surface area contributed by atoms with Gasteiger partial charge < -0.3 is 14.9 Å². The van der Waals surface area contributed by atoms with Crippen molar-refractivity contribution in [1.82, 2.24) is 9.88 Å². The van der Waals surface area contributed by atoms with Crippen LogP contribution in [0, 0.1) is 0 Å². The van der Waals surface area contributed by atoms with E-state index >= 15 is 0 Å². The molecule has 150 valence electrons. The Morgan fingerprint density at radius 3 is 2.40 bits per heavy atom. The Balaban J connectivity index is 1.54. The molecule has 0 saturated carbocycles. The number of para-hydroxylation sites is 1. The van der Waals surface area contributed by atoms with Crippen LogP contribution in [-0.2, 0) is 0 Å². The zero-order chi connectivity index (χ0) is 20.7. The van der Waals surface area contributed by atoms with Gasteiger partial charge >= 0.3 is 0 Å². The molecule has 1 fully saturated rings. The summed E-state index contributed by atoms with van der Waals surface area (Å²) in [6, 6.07) is 21.6. The monoisotopic (exact) mass is 399 g/mol. The van der Waals surface area contributed by atoms with Crippen molar-refractivity contribution < 1.29 is 14.7 Å². The van der Waals surface area contributed by atoms with E-state index in [0.29, 0.717) is 17.8 Å². The van der Waals surface area contributed by atoms with E-state index in [1.54, 1.807) is 46.3 Å². The highest BCUT2D eigenvalue weighted by Gasteiger charge is 2.55. The summed E-state index contributed by atoms with van der Waals surface area (Å²) in [5, 5.41) is 10.1. The number of hydrogen-bond donors (Lipinski definition) is 1. The number of amides is 2. The maximum absolute atomic E-state index is 13.3. The van der Waals surface area contributed by atoms with Crippen molar-refractivity contribution in [1.29, 1.82) is 0 Å². The van der Waals surface area contributed by atoms with Crippen LogP contribution in [-0.4, -0.2) is 52.0 Å². The highest BCUT2D eigenvalue weighted by Crippen LogP contribution is 2.48. The molecular weight excluding hydrogens is 378 g/mol. The molecule has 5 rings (SSSR count). The summed E-state index contributed by atoms with van der Waals surface area (Å²) in [6.45, 7) is 0.241. The summed E-state index contributed by atoms with van der Waals surface area (Å²) in [5.41, 5.74) is 2.78. The van der Waals surface area contributed by atoms with Gasteiger partial charge in [0.15, 0.2) is 0 Å². The van der Waals surface area contributed by atoms with Crippen LogP contribution in [0.2, 0.25) is 0 Å². The SMILES string of the molecule is O=C(c1ccccc1)N1C[C@H]2[C@@H](c3ccccc31)[C@@H](CO)N2C(=O)c1ccccn1. The van der Waals surface area contributed by atoms with Crippen molar-refractivity contribution in [3.05, 3.63) is 95.8 Å². The minimum Gasteiger partial charge on any atom is -0.394 e. The Morgan fingerprint density at radius 2 is 1.67 bits per heavy atom. The maximum atomic E-state index is 13.3. The van der Waals surface area contributed by atoms with E-state index in [4.69, 9.17) is 0 Å². The second-order valence-electron chi connectivity index (χ2n) is 7.61. The Morgan fingerprint density at radius 1 is 0.933 bits per heavy atom. The first-order valence-electron chi connectivity index (χ1n) is 10.0. The number of aromatic nitrogens is 1. The number of hydrogen-bond acceptors (Lipinski definition) is 4. The molecule has 6 nitrogen and oxygen atoms in total. The third-order valence-electron chi connectivity index (χ3n) is 6.07. The van der Waals surface area contributed by atoms with E-state index in [9.17, 15) is 14.7 Å². The minimum atomic E-state index is -0.334. The van der Waals surface area contributed by atoms with Crippen molar-refractivity contribution in [2.24, 2.45) is 0 Å². The molecule has 2 aliphatic rings. The Bertz CT molecular complexity index is 1090. The van der Waals surface area contributed by atoms with Gasteiger partial charge in [0.1, 0.15) is 5.69 Å². The van der Waals surface area contributed by atoms with E-state index in [-0.39, 0.29) is 36.4 Å². The quantitative estimate of drug-likeness (QED) is 0.735. The van der Waals surface area contributed by atoms with E-state index in [2.05, 4.69) is 4.98 Å². The molecule has 2 aromatic carbocycles. The van der Waals surface area contributed by atoms with Gasteiger partial charge in [0.05, 0.1) is 18.7 Å². The van der Waals surface area contributed by atoms with Crippen LogP contribution in [0.15, 0.2) is 79.0 Å². The molecule has 0 aliphatic carbocycles. The molecule has 1 aromatic heterocycles. The molecule has 0 bridgehead atoms. The third kappa shape index (κ3) is 2.80. The number of likely N-dealkylation sites (tertiary alicyclic amines) is 1. The van der Waals surface area contributed by atoms with Crippen molar-refractivity contribution >= 4 is 17.5 Å². The molecule has 3 aromatic rings. The Hall–Kier alpha value is -3.51. The van der Waals surface area contributed by atoms with Gasteiger partial charge in [-0.1, -0.05) is 42.5 Å². The topological polar surface area (TPSA) is 73.7 Å². The number of nitrogens with zero attached hydrogens (tertiary/aromatic N) is 3. The first-order valence-corrected chi connectivity index (χ1v) is 10.0. The molecule has 3 atom stereocenters. The van der Waals surface area contributed by atoms with Gasteiger partial charge in [-0.05, 0) is 35.9 Å². The van der Waals surface area contributed by atoms with Gasteiger partial charge in [0, 0.05) is 29.9 Å². The van der Waals surface area contributed by atoms with Gasteiger partial charge in [-0.2, -0.15) is 0 Å². The fourth-order valence-corrected chi connectivity index (χ4v) is 4.72. The lowest BCUT2D eigenvalue weighted by molar-refractivity contribution is -0.0250. The van der Waals surface area contributed by atoms with Gasteiger partial charge in [-0.25, -0.2) is 0 Å². The van der Waals surface area contributed by atoms with Crippen molar-refractivity contribution in [3.63, 3.8) is 0 Å². The highest BCUT2D eigenvalue weighted by atomic mass is 16.3. The average molecular weight is 399 g/mol. The normalized spacial score (nSPS) is 22.0. The van der Waals surface area contributed by atoms with E-state index in [0.717, 1.165) is 11.3 Å². The predicted octanol–water partition coefficient (Wildman–Crippen LogP) is 2.71. The lowest BCUT2D eigenvalue weighted by Gasteiger charge is -2.58. The van der Waals surface area contributed by atoms with Gasteiger partial charge in [-0.3, -0.25) is 14.6 Å². The van der Waals surface area contributed by atoms with Crippen LogP contribution in [0.1, 0.15) is 32.3 Å². The second-order valence-corrected chi connectivity index (χ2v) is 7.61. The number of aliphatic hydroxyl groups excluding tert-OH is 1. The molecule has 6 heteroatoms. The molecule has 0 unspecified atom stereocenters. The number of aliphatic hydroxyl groups is 1. The largest absolute Gasteiger partial charge is 0.394 e. The van der Waals surface area contributed by atoms with Crippen LogP contribution >= 0.6 is 0 Å². The van der Waals surface area contributed by atoms with Crippen LogP contribution in [0.5, 0.6) is 0 Å². The van der Waals surface area contributed by atoms with Crippen LogP contribution < -0.4 is 4.90 Å². The zero-order valence-electron chi connectivity index (χ0n) is 16.3. The summed E-state index contributed by atoms with van der Waals surface area (Å²) in [6.07, 6.45) is 1.58. The van der Waals surface area contributed by atoms with Crippen LogP contribution in [0.3, 0.4) is 0 Å². The van der Waals surface area contributed by atoms with Gasteiger partial charge in [0.25, 0.3) is 11.8 Å². The number of carbonyl (C=O) groups excluding carboxylic acids is 2. The molecule has 0 radical (unpaired) electrons. The minimum absolute atomic E-state index is 0.0151. The number of anilines is 1. The summed E-state index contributed by atoms with van der Waals surface area (Å²) in [7, 11) is 0. The van der Waals surface area contributed by atoms with Crippen LogP contribution in [0.25, 0.3) is 0 Å². The van der Waals surface area contributed by atoms with E-state index in [1.807, 2.05) is 42.5 Å². The number of pyridine rings is 1. The standard InChI is InChI=1S/C24H21N3O3/c28-15-21-22-17-10-4-5-12-19(17)26(23(29)16-8-2-1-3-9-16)14-20(22)27(21)24(30)18-11-6-7-13-25-18/h1-13,20-22,28H,14-15H2/t20-,21+,22+/m0/s1. The second kappa shape index (κ2) is 7.39. The number of fused-ring (bicyclic) bond motifs is 3. The average Bonchev–Trinajstić information content (AvgIpc) is 2.80. The maximum Gasteiger partial charge on any atom is 0.273 e. The summed E-state index contributed by atoms with van der Waals surface area (Å²) >= 11 is 0. The zero-order valence-corrected chi connectivity index (χ0v) is 16.3. The first kappa shape index (κ1) is 18.5. The van der Waals surface area contributed by atoms with Gasteiger partial charge in [-0.15, -0.1) is 0 Å². The number of carbonyl (C=O) groups is 2. The molecule has 2 amide bonds. The summed E-state index contributed by atoms with van der Waals surface area (Å²) < 4.78 is 0. The third-order valence-corrected chi connectivity index (χ3v) is 6.07. The Labute approximate surface area is 174 Å². The summed E-state index contributed by atoms with van der Waals surface area (Å²) in [4.78, 5) is 34.1. The van der Waals surface area contributed by atoms with Crippen molar-refractivity contribution in [3.8, 4) is 0 Å². The van der Waals surface area contributed by atoms with E-state index in [1.165, 1.54) is 0 Å². The highest BCUT2D eigenvalue weighted by molar-refractivity contribution is 6.07. The van der Waals surface area contributed by atoms with Gasteiger partial charge in [0.2, 0.25) is 0 Å². The molecule has 3 heterocycles. The molecule has 0 spiro atoms. The van der Waals surface area contributed by atoms with Crippen molar-refractivity contribution in [2.45, 2.75) is 18.0 Å². The summed E-state index contributed by atoms with van der Waals surface area (Å²) in [5.74, 6) is -0.333. The molecule has 1 N–H and O–H groups in total. The lowest BCUT2D eigenvalue weighted by atomic mass is 9.71. The molecule has 30 heavy (non-hydrogen) atoms. The number of rotatable bonds is 3. The predicted molar refractivity (Wildman–Crippen MR) is 112 cm³/mol.